The molecule has 3 aromatic rings. The maximum Gasteiger partial charge on any atom is 0.244 e. The third kappa shape index (κ3) is 4.95. The van der Waals surface area contributed by atoms with E-state index in [-0.39, 0.29) is 0 Å². The first kappa shape index (κ1) is 18.6. The Balaban J connectivity index is 1.29. The van der Waals surface area contributed by atoms with Crippen molar-refractivity contribution in [2.45, 2.75) is 0 Å². The lowest BCUT2D eigenvalue weighted by Gasteiger charge is -2.19. The van der Waals surface area contributed by atoms with E-state index in [1.807, 2.05) is 42.5 Å². The van der Waals surface area contributed by atoms with Gasteiger partial charge in [-0.15, -0.1) is 5.10 Å². The lowest BCUT2D eigenvalue weighted by Crippen LogP contribution is -2.15. The Hall–Kier alpha value is -3.75. The second-order valence-electron chi connectivity index (χ2n) is 6.10. The molecule has 0 aliphatic carbocycles. The molecule has 0 unspecified atom stereocenters. The van der Waals surface area contributed by atoms with Crippen LogP contribution in [0.25, 0.3) is 0 Å². The lowest BCUT2D eigenvalue weighted by molar-refractivity contribution is 0.171. The Bertz CT molecular complexity index is 952. The number of aromatic nitrogens is 3. The number of benzene rings is 2. The highest BCUT2D eigenvalue weighted by molar-refractivity contribution is 5.61. The number of rotatable bonds is 8. The van der Waals surface area contributed by atoms with Crippen LogP contribution in [0.2, 0.25) is 0 Å². The molecule has 0 bridgehead atoms. The van der Waals surface area contributed by atoms with E-state index in [0.717, 1.165) is 22.9 Å². The molecular weight excluding hydrogens is 374 g/mol. The van der Waals surface area contributed by atoms with Gasteiger partial charge in [-0.25, -0.2) is 0 Å². The Morgan fingerprint density at radius 3 is 2.62 bits per heavy atom. The highest BCUT2D eigenvalue weighted by Gasteiger charge is 2.12. The van der Waals surface area contributed by atoms with Crippen LogP contribution < -0.4 is 29.6 Å². The molecule has 2 heterocycles. The summed E-state index contributed by atoms with van der Waals surface area (Å²) in [7, 11) is 1.63. The van der Waals surface area contributed by atoms with Gasteiger partial charge in [-0.1, -0.05) is 0 Å². The van der Waals surface area contributed by atoms with E-state index in [1.165, 1.54) is 0 Å². The number of hydrogen-bond donors (Lipinski definition) is 2. The standard InChI is InChI=1S/C20H21N5O4/c1-26-15-3-5-16(6-4-15)27-9-8-21-20-24-19(13-22-25-20)23-14-2-7-17-18(12-14)29-11-10-28-17/h2-7,12-13H,8-11H2,1H3,(H2,21,23,24,25). The maximum absolute atomic E-state index is 5.67. The third-order valence-corrected chi connectivity index (χ3v) is 4.09. The number of fused-ring (bicyclic) bond motifs is 1. The highest BCUT2D eigenvalue weighted by atomic mass is 16.6. The van der Waals surface area contributed by atoms with Crippen LogP contribution in [0.1, 0.15) is 0 Å². The van der Waals surface area contributed by atoms with Crippen LogP contribution in [0.15, 0.2) is 48.7 Å². The van der Waals surface area contributed by atoms with Crippen molar-refractivity contribution in [3.63, 3.8) is 0 Å². The van der Waals surface area contributed by atoms with Gasteiger partial charge in [0, 0.05) is 11.8 Å². The van der Waals surface area contributed by atoms with E-state index < -0.39 is 0 Å². The molecule has 0 saturated heterocycles. The van der Waals surface area contributed by atoms with Crippen molar-refractivity contribution in [2.75, 3.05) is 44.1 Å². The Kier molecular flexibility index (Phi) is 5.75. The molecule has 29 heavy (non-hydrogen) atoms. The molecule has 0 spiro atoms. The Labute approximate surface area is 168 Å². The summed E-state index contributed by atoms with van der Waals surface area (Å²) in [6.45, 7) is 2.09. The summed E-state index contributed by atoms with van der Waals surface area (Å²) >= 11 is 0. The molecule has 150 valence electrons. The van der Waals surface area contributed by atoms with Gasteiger partial charge in [-0.05, 0) is 36.4 Å². The molecule has 1 aromatic heterocycles. The molecule has 9 nitrogen and oxygen atoms in total. The topological polar surface area (TPSA) is 99.7 Å². The minimum absolute atomic E-state index is 0.408. The zero-order valence-corrected chi connectivity index (χ0v) is 15.9. The predicted octanol–water partition coefficient (Wildman–Crippen LogP) is 2.89. The van der Waals surface area contributed by atoms with Crippen LogP contribution in [-0.2, 0) is 0 Å². The summed E-state index contributed by atoms with van der Waals surface area (Å²) in [5, 5.41) is 14.2. The molecule has 0 saturated carbocycles. The molecule has 0 amide bonds. The number of anilines is 3. The zero-order valence-electron chi connectivity index (χ0n) is 15.9. The molecule has 2 N–H and O–H groups in total. The summed E-state index contributed by atoms with van der Waals surface area (Å²) in [5.74, 6) is 3.97. The molecule has 1 aliphatic heterocycles. The smallest absolute Gasteiger partial charge is 0.244 e. The summed E-state index contributed by atoms with van der Waals surface area (Å²) in [5.41, 5.74) is 0.823. The first-order chi connectivity index (χ1) is 14.3. The minimum Gasteiger partial charge on any atom is -0.497 e. The zero-order chi connectivity index (χ0) is 19.9. The molecule has 0 radical (unpaired) electrons. The van der Waals surface area contributed by atoms with Crippen LogP contribution in [0.5, 0.6) is 23.0 Å². The number of ether oxygens (including phenoxy) is 4. The number of hydrogen-bond acceptors (Lipinski definition) is 9. The molecule has 1 aliphatic rings. The van der Waals surface area contributed by atoms with Crippen molar-refractivity contribution in [2.24, 2.45) is 0 Å². The van der Waals surface area contributed by atoms with Crippen molar-refractivity contribution in [3.05, 3.63) is 48.7 Å². The first-order valence-electron chi connectivity index (χ1n) is 9.17. The Morgan fingerprint density at radius 1 is 1.00 bits per heavy atom. The number of nitrogens with zero attached hydrogens (tertiary/aromatic N) is 3. The highest BCUT2D eigenvalue weighted by Crippen LogP contribution is 2.33. The molecule has 0 atom stereocenters. The summed E-state index contributed by atoms with van der Waals surface area (Å²) in [4.78, 5) is 4.41. The quantitative estimate of drug-likeness (QED) is 0.558. The van der Waals surface area contributed by atoms with Crippen LogP contribution in [0.3, 0.4) is 0 Å². The van der Waals surface area contributed by atoms with Gasteiger partial charge in [0.25, 0.3) is 0 Å². The van der Waals surface area contributed by atoms with Gasteiger partial charge in [0.2, 0.25) is 5.95 Å². The van der Waals surface area contributed by atoms with Crippen molar-refractivity contribution in [1.82, 2.24) is 15.2 Å². The molecule has 0 fully saturated rings. The average Bonchev–Trinajstić information content (AvgIpc) is 2.77. The molecule has 9 heteroatoms. The van der Waals surface area contributed by atoms with E-state index >= 15 is 0 Å². The fourth-order valence-corrected chi connectivity index (χ4v) is 2.71. The molecular formula is C20H21N5O4. The third-order valence-electron chi connectivity index (χ3n) is 4.09. The van der Waals surface area contributed by atoms with Gasteiger partial charge in [-0.2, -0.15) is 10.1 Å². The normalized spacial score (nSPS) is 12.2. The van der Waals surface area contributed by atoms with E-state index in [0.29, 0.717) is 43.9 Å². The minimum atomic E-state index is 0.408. The maximum atomic E-state index is 5.67. The molecule has 2 aromatic carbocycles. The summed E-state index contributed by atoms with van der Waals surface area (Å²) in [6, 6.07) is 13.0. The average molecular weight is 395 g/mol. The van der Waals surface area contributed by atoms with Gasteiger partial charge >= 0.3 is 0 Å². The summed E-state index contributed by atoms with van der Waals surface area (Å²) in [6.07, 6.45) is 1.55. The van der Waals surface area contributed by atoms with Gasteiger partial charge in [0.15, 0.2) is 17.3 Å². The number of nitrogens with one attached hydrogen (secondary N) is 2. The summed E-state index contributed by atoms with van der Waals surface area (Å²) < 4.78 is 21.9. The van der Waals surface area contributed by atoms with Gasteiger partial charge < -0.3 is 29.6 Å². The fourth-order valence-electron chi connectivity index (χ4n) is 2.71. The SMILES string of the molecule is COc1ccc(OCCNc2nncc(Nc3ccc4c(c3)OCCO4)n2)cc1. The van der Waals surface area contributed by atoms with Crippen LogP contribution in [-0.4, -0.2) is 48.7 Å². The van der Waals surface area contributed by atoms with Crippen molar-refractivity contribution >= 4 is 17.5 Å². The fraction of sp³-hybridized carbons (Fsp3) is 0.250. The van der Waals surface area contributed by atoms with Gasteiger partial charge in [0.1, 0.15) is 31.3 Å². The van der Waals surface area contributed by atoms with Crippen LogP contribution >= 0.6 is 0 Å². The first-order valence-corrected chi connectivity index (χ1v) is 9.17. The predicted molar refractivity (Wildman–Crippen MR) is 108 cm³/mol. The van der Waals surface area contributed by atoms with E-state index in [2.05, 4.69) is 25.8 Å². The second-order valence-corrected chi connectivity index (χ2v) is 6.10. The van der Waals surface area contributed by atoms with Crippen molar-refractivity contribution in [3.8, 4) is 23.0 Å². The van der Waals surface area contributed by atoms with Gasteiger partial charge in [-0.3, -0.25) is 0 Å². The van der Waals surface area contributed by atoms with Crippen molar-refractivity contribution < 1.29 is 18.9 Å². The van der Waals surface area contributed by atoms with E-state index in [9.17, 15) is 0 Å². The van der Waals surface area contributed by atoms with Crippen molar-refractivity contribution in [1.29, 1.82) is 0 Å². The molecule has 4 rings (SSSR count). The van der Waals surface area contributed by atoms with Gasteiger partial charge in [0.05, 0.1) is 19.9 Å². The number of methoxy groups -OCH3 is 1. The van der Waals surface area contributed by atoms with Crippen LogP contribution in [0, 0.1) is 0 Å². The lowest BCUT2D eigenvalue weighted by atomic mass is 10.2. The van der Waals surface area contributed by atoms with Crippen LogP contribution in [0.4, 0.5) is 17.5 Å². The van der Waals surface area contributed by atoms with E-state index in [1.54, 1.807) is 13.3 Å². The Morgan fingerprint density at radius 2 is 1.79 bits per heavy atom. The largest absolute Gasteiger partial charge is 0.497 e. The van der Waals surface area contributed by atoms with E-state index in [4.69, 9.17) is 18.9 Å². The second kappa shape index (κ2) is 8.96. The monoisotopic (exact) mass is 395 g/mol.